The summed E-state index contributed by atoms with van der Waals surface area (Å²) < 4.78 is 10.1. The number of aliphatic hydroxyl groups is 3. The summed E-state index contributed by atoms with van der Waals surface area (Å²) in [5, 5.41) is 28.8. The van der Waals surface area contributed by atoms with Gasteiger partial charge in [0.2, 0.25) is 0 Å². The quantitative estimate of drug-likeness (QED) is 0.348. The molecular weight excluding hydrogens is 312 g/mol. The molecule has 1 aliphatic rings. The molecular formula is C18H34O6. The molecule has 1 rings (SSSR count). The molecule has 0 aromatic heterocycles. The number of aliphatic hydroxyl groups excluding tert-OH is 3. The van der Waals surface area contributed by atoms with E-state index < -0.39 is 24.4 Å². The topological polar surface area (TPSA) is 96.2 Å². The van der Waals surface area contributed by atoms with E-state index in [9.17, 15) is 20.1 Å². The summed E-state index contributed by atoms with van der Waals surface area (Å²) in [6.45, 7) is 1.98. The maximum Gasteiger partial charge on any atom is 0.305 e. The van der Waals surface area contributed by atoms with Gasteiger partial charge in [-0.2, -0.15) is 0 Å². The molecule has 1 heterocycles. The molecule has 24 heavy (non-hydrogen) atoms. The van der Waals surface area contributed by atoms with E-state index in [1.54, 1.807) is 0 Å². The van der Waals surface area contributed by atoms with E-state index >= 15 is 0 Å². The van der Waals surface area contributed by atoms with Gasteiger partial charge in [0, 0.05) is 6.42 Å². The van der Waals surface area contributed by atoms with Crippen LogP contribution in [-0.2, 0) is 14.3 Å². The lowest BCUT2D eigenvalue weighted by Crippen LogP contribution is -2.41. The van der Waals surface area contributed by atoms with E-state index in [1.807, 2.05) is 0 Å². The van der Waals surface area contributed by atoms with Crippen molar-refractivity contribution >= 4 is 5.97 Å². The maximum absolute atomic E-state index is 11.6. The molecule has 0 amide bonds. The minimum atomic E-state index is -1.14. The number of hydrogen-bond acceptors (Lipinski definition) is 6. The first-order valence-corrected chi connectivity index (χ1v) is 9.37. The van der Waals surface area contributed by atoms with Gasteiger partial charge in [-0.3, -0.25) is 4.79 Å². The third-order valence-electron chi connectivity index (χ3n) is 4.47. The van der Waals surface area contributed by atoms with Crippen molar-refractivity contribution in [2.75, 3.05) is 13.2 Å². The van der Waals surface area contributed by atoms with Crippen LogP contribution in [0.2, 0.25) is 0 Å². The monoisotopic (exact) mass is 346 g/mol. The first kappa shape index (κ1) is 21.4. The average molecular weight is 346 g/mol. The predicted octanol–water partition coefficient (Wildman–Crippen LogP) is 1.93. The Morgan fingerprint density at radius 3 is 2.21 bits per heavy atom. The van der Waals surface area contributed by atoms with Crippen LogP contribution >= 0.6 is 0 Å². The predicted molar refractivity (Wildman–Crippen MR) is 90.6 cm³/mol. The van der Waals surface area contributed by atoms with Gasteiger partial charge in [0.15, 0.2) is 0 Å². The van der Waals surface area contributed by atoms with Crippen LogP contribution in [0.3, 0.4) is 0 Å². The molecule has 0 aromatic carbocycles. The Labute approximate surface area is 145 Å². The number of carbonyl (C=O) groups is 1. The normalized spacial score (nSPS) is 24.9. The highest BCUT2D eigenvalue weighted by Crippen LogP contribution is 2.18. The van der Waals surface area contributed by atoms with Gasteiger partial charge in [0.1, 0.15) is 31.0 Å². The fourth-order valence-electron chi connectivity index (χ4n) is 2.89. The van der Waals surface area contributed by atoms with Gasteiger partial charge in [-0.25, -0.2) is 0 Å². The van der Waals surface area contributed by atoms with Crippen LogP contribution in [0.4, 0.5) is 0 Å². The fraction of sp³-hybridized carbons (Fsp3) is 0.944. The lowest BCUT2D eigenvalue weighted by atomic mass is 10.1. The van der Waals surface area contributed by atoms with E-state index in [4.69, 9.17) is 9.47 Å². The highest BCUT2D eigenvalue weighted by molar-refractivity contribution is 5.69. The minimum absolute atomic E-state index is 0.0186. The van der Waals surface area contributed by atoms with Gasteiger partial charge >= 0.3 is 5.97 Å². The van der Waals surface area contributed by atoms with Crippen LogP contribution in [0.15, 0.2) is 0 Å². The van der Waals surface area contributed by atoms with Crippen molar-refractivity contribution in [3.8, 4) is 0 Å². The lowest BCUT2D eigenvalue weighted by molar-refractivity contribution is -0.151. The Balaban J connectivity index is 1.96. The number of hydrogen-bond donors (Lipinski definition) is 3. The number of rotatable bonds is 13. The van der Waals surface area contributed by atoms with Crippen LogP contribution < -0.4 is 0 Å². The molecule has 1 fully saturated rings. The summed E-state index contributed by atoms with van der Waals surface area (Å²) >= 11 is 0. The molecule has 1 aliphatic heterocycles. The Morgan fingerprint density at radius 1 is 1.08 bits per heavy atom. The van der Waals surface area contributed by atoms with Gasteiger partial charge in [0.05, 0.1) is 6.61 Å². The number of esters is 1. The summed E-state index contributed by atoms with van der Waals surface area (Å²) in [5.41, 5.74) is 0. The molecule has 0 aliphatic carbocycles. The zero-order chi connectivity index (χ0) is 17.8. The summed E-state index contributed by atoms with van der Waals surface area (Å²) in [6, 6.07) is 0. The second-order valence-corrected chi connectivity index (χ2v) is 6.68. The van der Waals surface area contributed by atoms with E-state index in [2.05, 4.69) is 6.92 Å². The molecule has 0 radical (unpaired) electrons. The van der Waals surface area contributed by atoms with Crippen LogP contribution in [0.1, 0.15) is 71.1 Å². The van der Waals surface area contributed by atoms with Crippen LogP contribution in [0.25, 0.3) is 0 Å². The van der Waals surface area contributed by atoms with Crippen molar-refractivity contribution in [3.05, 3.63) is 0 Å². The lowest BCUT2D eigenvalue weighted by Gasteiger charge is -2.20. The van der Waals surface area contributed by atoms with E-state index in [0.29, 0.717) is 6.42 Å². The first-order chi connectivity index (χ1) is 11.6. The second-order valence-electron chi connectivity index (χ2n) is 6.68. The zero-order valence-electron chi connectivity index (χ0n) is 14.9. The van der Waals surface area contributed by atoms with Crippen molar-refractivity contribution in [2.24, 2.45) is 0 Å². The van der Waals surface area contributed by atoms with Crippen molar-refractivity contribution in [1.29, 1.82) is 0 Å². The molecule has 1 saturated heterocycles. The third-order valence-corrected chi connectivity index (χ3v) is 4.47. The zero-order valence-corrected chi connectivity index (χ0v) is 14.9. The highest BCUT2D eigenvalue weighted by Gasteiger charge is 2.39. The summed E-state index contributed by atoms with van der Waals surface area (Å²) in [4.78, 5) is 11.6. The molecule has 142 valence electrons. The van der Waals surface area contributed by atoms with Gasteiger partial charge in [0.25, 0.3) is 0 Å². The fourth-order valence-corrected chi connectivity index (χ4v) is 2.89. The van der Waals surface area contributed by atoms with Gasteiger partial charge in [-0.05, 0) is 6.42 Å². The Hall–Kier alpha value is -0.690. The minimum Gasteiger partial charge on any atom is -0.463 e. The number of unbranched alkanes of at least 4 members (excludes halogenated alkanes) is 8. The maximum atomic E-state index is 11.6. The molecule has 0 spiro atoms. The standard InChI is InChI=1S/C18H34O6/c1-2-3-4-5-6-7-8-9-10-11-16(21)23-13-15(20)18-17(22)14(19)12-24-18/h14-15,17-20,22H,2-13H2,1H3/t14-,15+,17-,18-/m1/s1. The van der Waals surface area contributed by atoms with E-state index in [1.165, 1.54) is 38.5 Å². The Morgan fingerprint density at radius 2 is 1.67 bits per heavy atom. The largest absolute Gasteiger partial charge is 0.463 e. The van der Waals surface area contributed by atoms with E-state index in [0.717, 1.165) is 19.3 Å². The van der Waals surface area contributed by atoms with Crippen molar-refractivity contribution in [3.63, 3.8) is 0 Å². The Kier molecular flexibility index (Phi) is 11.2. The van der Waals surface area contributed by atoms with Crippen LogP contribution in [-0.4, -0.2) is 58.9 Å². The molecule has 0 unspecified atom stereocenters. The smallest absolute Gasteiger partial charge is 0.305 e. The summed E-state index contributed by atoms with van der Waals surface area (Å²) in [5.74, 6) is -0.343. The molecule has 0 saturated carbocycles. The molecule has 0 aromatic rings. The summed E-state index contributed by atoms with van der Waals surface area (Å²) in [7, 11) is 0. The third kappa shape index (κ3) is 8.42. The molecule has 3 N–H and O–H groups in total. The average Bonchev–Trinajstić information content (AvgIpc) is 2.90. The molecule has 0 bridgehead atoms. The first-order valence-electron chi connectivity index (χ1n) is 9.37. The number of ether oxygens (including phenoxy) is 2. The van der Waals surface area contributed by atoms with Gasteiger partial charge < -0.3 is 24.8 Å². The summed E-state index contributed by atoms with van der Waals surface area (Å²) in [6.07, 6.45) is 6.84. The van der Waals surface area contributed by atoms with Crippen LogP contribution in [0, 0.1) is 0 Å². The highest BCUT2D eigenvalue weighted by atomic mass is 16.6. The molecule has 6 nitrogen and oxygen atoms in total. The van der Waals surface area contributed by atoms with E-state index in [-0.39, 0.29) is 19.2 Å². The number of carbonyl (C=O) groups excluding carboxylic acids is 1. The van der Waals surface area contributed by atoms with Gasteiger partial charge in [-0.1, -0.05) is 58.3 Å². The SMILES string of the molecule is CCCCCCCCCCCC(=O)OC[C@H](O)[C@H]1OC[C@@H](O)[C@H]1O. The molecule has 6 heteroatoms. The van der Waals surface area contributed by atoms with Crippen molar-refractivity contribution < 1.29 is 29.6 Å². The second kappa shape index (κ2) is 12.6. The van der Waals surface area contributed by atoms with Crippen LogP contribution in [0.5, 0.6) is 0 Å². The molecule has 4 atom stereocenters. The van der Waals surface area contributed by atoms with Crippen molar-refractivity contribution in [1.82, 2.24) is 0 Å². The Bertz CT molecular complexity index is 335. The van der Waals surface area contributed by atoms with Crippen molar-refractivity contribution in [2.45, 2.75) is 95.5 Å². The van der Waals surface area contributed by atoms with Gasteiger partial charge in [-0.15, -0.1) is 0 Å².